The van der Waals surface area contributed by atoms with Gasteiger partial charge in [-0.2, -0.15) is 0 Å². The Morgan fingerprint density at radius 2 is 1.65 bits per heavy atom. The van der Waals surface area contributed by atoms with Gasteiger partial charge in [0.15, 0.2) is 0 Å². The fourth-order valence-corrected chi connectivity index (χ4v) is 5.33. The molecule has 2 aromatic carbocycles. The normalized spacial score (nSPS) is 22.2. The van der Waals surface area contributed by atoms with E-state index in [1.807, 2.05) is 6.08 Å². The van der Waals surface area contributed by atoms with E-state index in [9.17, 15) is 24.3 Å². The molecule has 1 saturated heterocycles. The number of imide groups is 1. The Kier molecular flexibility index (Phi) is 7.30. The summed E-state index contributed by atoms with van der Waals surface area (Å²) in [6.07, 6.45) is 4.37. The number of nitrogens with zero attached hydrogens (tertiary/aromatic N) is 1. The van der Waals surface area contributed by atoms with Crippen LogP contribution in [-0.4, -0.2) is 34.0 Å². The lowest BCUT2D eigenvalue weighted by Crippen LogP contribution is -2.34. The first-order valence-electron chi connectivity index (χ1n) is 10.5. The number of aliphatic carboxylic acids is 1. The van der Waals surface area contributed by atoms with E-state index in [1.54, 1.807) is 36.4 Å². The molecule has 2 aliphatic rings. The predicted molar refractivity (Wildman–Crippen MR) is 131 cm³/mol. The van der Waals surface area contributed by atoms with Crippen molar-refractivity contribution in [2.45, 2.75) is 29.4 Å². The molecule has 2 aromatic rings. The van der Waals surface area contributed by atoms with Crippen LogP contribution in [-0.2, 0) is 19.2 Å². The number of benzene rings is 2. The average molecular weight is 519 g/mol. The molecule has 176 valence electrons. The Labute approximate surface area is 210 Å². The number of carbonyl (C=O) groups is 4. The molecule has 3 amide bonds. The minimum absolute atomic E-state index is 0.0496. The third kappa shape index (κ3) is 5.14. The van der Waals surface area contributed by atoms with Crippen molar-refractivity contribution in [3.63, 3.8) is 0 Å². The molecule has 10 heteroatoms. The first-order valence-corrected chi connectivity index (χ1v) is 12.2. The number of halogens is 2. The highest BCUT2D eigenvalue weighted by Crippen LogP contribution is 2.36. The van der Waals surface area contributed by atoms with Crippen molar-refractivity contribution in [1.82, 2.24) is 0 Å². The van der Waals surface area contributed by atoms with Gasteiger partial charge in [-0.1, -0.05) is 35.4 Å². The van der Waals surface area contributed by atoms with Crippen molar-refractivity contribution in [2.75, 3.05) is 10.2 Å². The molecule has 0 bridgehead atoms. The van der Waals surface area contributed by atoms with Crippen LogP contribution in [0.15, 0.2) is 59.5 Å². The number of allylic oxidation sites excluding steroid dienone is 2. The zero-order chi connectivity index (χ0) is 24.4. The molecule has 1 heterocycles. The summed E-state index contributed by atoms with van der Waals surface area (Å²) in [6, 6.07) is 11.5. The minimum atomic E-state index is -0.984. The fourth-order valence-electron chi connectivity index (χ4n) is 3.98. The van der Waals surface area contributed by atoms with Crippen LogP contribution in [0.1, 0.15) is 19.3 Å². The summed E-state index contributed by atoms with van der Waals surface area (Å²) < 4.78 is 0. The molecule has 0 spiro atoms. The van der Waals surface area contributed by atoms with E-state index >= 15 is 0 Å². The second kappa shape index (κ2) is 10.2. The van der Waals surface area contributed by atoms with Crippen molar-refractivity contribution in [3.05, 3.63) is 64.7 Å². The number of carboxylic acids is 1. The number of carbonyl (C=O) groups excluding carboxylic acids is 3. The second-order valence-electron chi connectivity index (χ2n) is 7.98. The smallest absolute Gasteiger partial charge is 0.307 e. The number of carboxylic acid groups (broad SMARTS) is 1. The Bertz CT molecular complexity index is 1180. The Hall–Kier alpha value is -2.81. The molecule has 1 fully saturated rings. The Morgan fingerprint density at radius 3 is 2.29 bits per heavy atom. The molecule has 34 heavy (non-hydrogen) atoms. The van der Waals surface area contributed by atoms with Gasteiger partial charge in [0.2, 0.25) is 17.7 Å². The molecule has 0 unspecified atom stereocenters. The highest BCUT2D eigenvalue weighted by molar-refractivity contribution is 8.00. The van der Waals surface area contributed by atoms with Crippen LogP contribution >= 0.6 is 35.0 Å². The maximum atomic E-state index is 12.9. The van der Waals surface area contributed by atoms with Gasteiger partial charge in [0.1, 0.15) is 0 Å². The fraction of sp³-hybridized carbons (Fsp3) is 0.250. The standard InChI is InChI=1S/C24H20Cl2N2O5S/c25-18-10-7-14(11-19(18)26)28-21(29)12-20(23(28)31)34-15-8-5-13(6-9-15)27-22(30)16-3-1-2-4-17(16)24(32)33/h1-2,5-11,16-17,20H,3-4,12H2,(H,27,30)(H,32,33)/t16-,17-,20+/m0/s1. The first-order chi connectivity index (χ1) is 16.2. The molecular weight excluding hydrogens is 499 g/mol. The molecule has 7 nitrogen and oxygen atoms in total. The topological polar surface area (TPSA) is 104 Å². The van der Waals surface area contributed by atoms with Gasteiger partial charge in [-0.15, -0.1) is 11.8 Å². The number of thioether (sulfide) groups is 1. The predicted octanol–water partition coefficient (Wildman–Crippen LogP) is 5.02. The summed E-state index contributed by atoms with van der Waals surface area (Å²) in [4.78, 5) is 51.3. The summed E-state index contributed by atoms with van der Waals surface area (Å²) in [5.74, 6) is -3.36. The number of anilines is 2. The quantitative estimate of drug-likeness (QED) is 0.410. The third-order valence-electron chi connectivity index (χ3n) is 5.75. The molecule has 1 aliphatic heterocycles. The number of nitrogens with one attached hydrogen (secondary N) is 1. The van der Waals surface area contributed by atoms with E-state index in [0.29, 0.717) is 29.2 Å². The number of amides is 3. The van der Waals surface area contributed by atoms with Crippen LogP contribution in [0.2, 0.25) is 10.0 Å². The number of hydrogen-bond donors (Lipinski definition) is 2. The average Bonchev–Trinajstić information content (AvgIpc) is 3.09. The van der Waals surface area contributed by atoms with Crippen LogP contribution in [0.3, 0.4) is 0 Å². The van der Waals surface area contributed by atoms with Crippen molar-refractivity contribution >= 4 is 70.0 Å². The van der Waals surface area contributed by atoms with Gasteiger partial charge in [-0.25, -0.2) is 4.90 Å². The monoisotopic (exact) mass is 518 g/mol. The first kappa shape index (κ1) is 24.3. The van der Waals surface area contributed by atoms with E-state index in [-0.39, 0.29) is 29.2 Å². The van der Waals surface area contributed by atoms with Crippen molar-refractivity contribution in [2.24, 2.45) is 11.8 Å². The van der Waals surface area contributed by atoms with Crippen LogP contribution in [0.4, 0.5) is 11.4 Å². The highest BCUT2D eigenvalue weighted by atomic mass is 35.5. The van der Waals surface area contributed by atoms with E-state index in [0.717, 1.165) is 9.80 Å². The van der Waals surface area contributed by atoms with Gasteiger partial charge in [-0.3, -0.25) is 19.2 Å². The van der Waals surface area contributed by atoms with Crippen LogP contribution in [0, 0.1) is 11.8 Å². The van der Waals surface area contributed by atoms with Gasteiger partial charge in [0.05, 0.1) is 32.8 Å². The minimum Gasteiger partial charge on any atom is -0.481 e. The SMILES string of the molecule is O=C(O)[C@H]1CC=CC[C@@H]1C(=O)Nc1ccc(S[C@@H]2CC(=O)N(c3ccc(Cl)c(Cl)c3)C2=O)cc1. The van der Waals surface area contributed by atoms with Gasteiger partial charge < -0.3 is 10.4 Å². The van der Waals surface area contributed by atoms with Crippen molar-refractivity contribution < 1.29 is 24.3 Å². The molecule has 0 saturated carbocycles. The van der Waals surface area contributed by atoms with E-state index in [2.05, 4.69) is 5.32 Å². The molecule has 4 rings (SSSR count). The van der Waals surface area contributed by atoms with E-state index in [1.165, 1.54) is 23.9 Å². The van der Waals surface area contributed by atoms with E-state index < -0.39 is 23.1 Å². The highest BCUT2D eigenvalue weighted by Gasteiger charge is 2.40. The van der Waals surface area contributed by atoms with Gasteiger partial charge in [-0.05, 0) is 55.3 Å². The molecule has 1 aliphatic carbocycles. The Morgan fingerprint density at radius 1 is 0.971 bits per heavy atom. The van der Waals surface area contributed by atoms with Crippen LogP contribution in [0.5, 0.6) is 0 Å². The number of hydrogen-bond acceptors (Lipinski definition) is 5. The van der Waals surface area contributed by atoms with Crippen molar-refractivity contribution in [1.29, 1.82) is 0 Å². The van der Waals surface area contributed by atoms with Crippen LogP contribution in [0.25, 0.3) is 0 Å². The molecule has 0 radical (unpaired) electrons. The van der Waals surface area contributed by atoms with Gasteiger partial charge >= 0.3 is 5.97 Å². The summed E-state index contributed by atoms with van der Waals surface area (Å²) in [7, 11) is 0. The lowest BCUT2D eigenvalue weighted by molar-refractivity contribution is -0.146. The molecular formula is C24H20Cl2N2O5S. The van der Waals surface area contributed by atoms with Crippen molar-refractivity contribution in [3.8, 4) is 0 Å². The maximum Gasteiger partial charge on any atom is 0.307 e. The summed E-state index contributed by atoms with van der Waals surface area (Å²) in [5.41, 5.74) is 0.905. The molecule has 2 N–H and O–H groups in total. The molecule has 3 atom stereocenters. The number of rotatable bonds is 6. The lowest BCUT2D eigenvalue weighted by Gasteiger charge is -2.24. The summed E-state index contributed by atoms with van der Waals surface area (Å²) in [6.45, 7) is 0. The van der Waals surface area contributed by atoms with Crippen LogP contribution < -0.4 is 10.2 Å². The largest absolute Gasteiger partial charge is 0.481 e. The third-order valence-corrected chi connectivity index (χ3v) is 7.69. The summed E-state index contributed by atoms with van der Waals surface area (Å²) >= 11 is 13.2. The zero-order valence-corrected chi connectivity index (χ0v) is 20.1. The van der Waals surface area contributed by atoms with Gasteiger partial charge in [0, 0.05) is 17.0 Å². The second-order valence-corrected chi connectivity index (χ2v) is 10.1. The van der Waals surface area contributed by atoms with Gasteiger partial charge in [0.25, 0.3) is 0 Å². The molecule has 0 aromatic heterocycles. The maximum absolute atomic E-state index is 12.9. The Balaban J connectivity index is 1.40. The lowest BCUT2D eigenvalue weighted by atomic mass is 9.82. The zero-order valence-electron chi connectivity index (χ0n) is 17.7. The summed E-state index contributed by atoms with van der Waals surface area (Å²) in [5, 5.41) is 12.1. The van der Waals surface area contributed by atoms with E-state index in [4.69, 9.17) is 23.2 Å².